The Kier molecular flexibility index (Phi) is 5.28. The monoisotopic (exact) mass is 370 g/mol. The number of benzene rings is 2. The number of nitrogens with one attached hydrogen (secondary N) is 1. The molecule has 0 radical (unpaired) electrons. The Balaban J connectivity index is 1.87. The lowest BCUT2D eigenvalue weighted by molar-refractivity contribution is -0.115. The molecule has 1 aromatic heterocycles. The predicted molar refractivity (Wildman–Crippen MR) is 98.7 cm³/mol. The van der Waals surface area contributed by atoms with E-state index in [1.54, 1.807) is 0 Å². The van der Waals surface area contributed by atoms with Gasteiger partial charge in [0.05, 0.1) is 0 Å². The maximum atomic E-state index is 13.0. The lowest BCUT2D eigenvalue weighted by atomic mass is 10.1. The summed E-state index contributed by atoms with van der Waals surface area (Å²) in [7, 11) is 0. The minimum Gasteiger partial charge on any atom is -0.368 e. The lowest BCUT2D eigenvalue weighted by Crippen LogP contribution is -2.19. The Morgan fingerprint density at radius 3 is 2.19 bits per heavy atom. The molecule has 3 rings (SSSR count). The fourth-order valence-electron chi connectivity index (χ4n) is 2.19. The third-order valence-corrected chi connectivity index (χ3v) is 4.44. The van der Waals surface area contributed by atoms with E-state index in [0.717, 1.165) is 17.3 Å². The fourth-order valence-corrected chi connectivity index (χ4v) is 3.15. The van der Waals surface area contributed by atoms with Crippen LogP contribution in [0.1, 0.15) is 10.8 Å². The van der Waals surface area contributed by atoms with E-state index in [4.69, 9.17) is 11.5 Å². The van der Waals surface area contributed by atoms with Crippen LogP contribution in [0.4, 0.5) is 22.0 Å². The van der Waals surface area contributed by atoms with Gasteiger partial charge in [0, 0.05) is 5.69 Å². The second-order valence-corrected chi connectivity index (χ2v) is 6.31. The standard InChI is InChI=1S/C17H15FN6OS/c18-11-6-8-12(9-7-11)21-14(25)13(10-4-2-1-3-5-10)26-17-23-15(19)22-16(20)24-17/h1-9,13H,(H,21,25)(H4,19,20,22,23,24)/t13-/m0/s1. The number of hydrogen-bond acceptors (Lipinski definition) is 7. The Morgan fingerprint density at radius 1 is 0.962 bits per heavy atom. The van der Waals surface area contributed by atoms with Gasteiger partial charge in [-0.25, -0.2) is 4.39 Å². The number of aromatic nitrogens is 3. The minimum atomic E-state index is -0.664. The summed E-state index contributed by atoms with van der Waals surface area (Å²) >= 11 is 1.09. The van der Waals surface area contributed by atoms with Gasteiger partial charge in [-0.05, 0) is 29.8 Å². The van der Waals surface area contributed by atoms with Crippen LogP contribution in [-0.4, -0.2) is 20.9 Å². The maximum absolute atomic E-state index is 13.0. The van der Waals surface area contributed by atoms with Crippen LogP contribution in [-0.2, 0) is 4.79 Å². The van der Waals surface area contributed by atoms with Crippen LogP contribution >= 0.6 is 11.8 Å². The Bertz CT molecular complexity index is 887. The number of halogens is 1. The zero-order valence-electron chi connectivity index (χ0n) is 13.5. The molecule has 0 spiro atoms. The Morgan fingerprint density at radius 2 is 1.58 bits per heavy atom. The molecule has 0 fully saturated rings. The first kappa shape index (κ1) is 17.6. The molecular formula is C17H15FN6OS. The van der Waals surface area contributed by atoms with E-state index in [1.165, 1.54) is 24.3 Å². The number of thioether (sulfide) groups is 1. The first-order valence-electron chi connectivity index (χ1n) is 7.56. The highest BCUT2D eigenvalue weighted by Gasteiger charge is 2.24. The normalized spacial score (nSPS) is 11.7. The quantitative estimate of drug-likeness (QED) is 0.591. The van der Waals surface area contributed by atoms with E-state index in [0.29, 0.717) is 5.69 Å². The molecule has 26 heavy (non-hydrogen) atoms. The number of nitrogens with zero attached hydrogens (tertiary/aromatic N) is 3. The van der Waals surface area contributed by atoms with E-state index < -0.39 is 5.25 Å². The van der Waals surface area contributed by atoms with Crippen molar-refractivity contribution in [3.8, 4) is 0 Å². The lowest BCUT2D eigenvalue weighted by Gasteiger charge is -2.16. The third-order valence-electron chi connectivity index (χ3n) is 3.32. The van der Waals surface area contributed by atoms with Crippen LogP contribution < -0.4 is 16.8 Å². The van der Waals surface area contributed by atoms with Gasteiger partial charge < -0.3 is 16.8 Å². The second-order valence-electron chi connectivity index (χ2n) is 5.24. The van der Waals surface area contributed by atoms with Crippen molar-refractivity contribution in [1.29, 1.82) is 0 Å². The molecule has 0 aliphatic heterocycles. The van der Waals surface area contributed by atoms with Gasteiger partial charge in [0.2, 0.25) is 17.8 Å². The Hall–Kier alpha value is -3.20. The summed E-state index contributed by atoms with van der Waals surface area (Å²) in [5.74, 6) is -0.741. The number of nitrogens with two attached hydrogens (primary N) is 2. The van der Waals surface area contributed by atoms with Gasteiger partial charge in [-0.2, -0.15) is 15.0 Å². The smallest absolute Gasteiger partial charge is 0.242 e. The zero-order valence-corrected chi connectivity index (χ0v) is 14.3. The van der Waals surface area contributed by atoms with Gasteiger partial charge in [0.15, 0.2) is 5.16 Å². The molecule has 0 unspecified atom stereocenters. The van der Waals surface area contributed by atoms with E-state index in [2.05, 4.69) is 20.3 Å². The highest BCUT2D eigenvalue weighted by Crippen LogP contribution is 2.34. The summed E-state index contributed by atoms with van der Waals surface area (Å²) in [5, 5.41) is 2.33. The van der Waals surface area contributed by atoms with Crippen LogP contribution in [0.15, 0.2) is 59.8 Å². The van der Waals surface area contributed by atoms with Gasteiger partial charge in [0.25, 0.3) is 0 Å². The van der Waals surface area contributed by atoms with Crippen molar-refractivity contribution in [1.82, 2.24) is 15.0 Å². The highest BCUT2D eigenvalue weighted by atomic mass is 32.2. The number of anilines is 3. The summed E-state index contributed by atoms with van der Waals surface area (Å²) in [6.45, 7) is 0. The second kappa shape index (κ2) is 7.79. The number of rotatable bonds is 5. The number of carbonyl (C=O) groups is 1. The van der Waals surface area contributed by atoms with Crippen LogP contribution in [0.2, 0.25) is 0 Å². The number of amides is 1. The molecule has 3 aromatic rings. The summed E-state index contributed by atoms with van der Waals surface area (Å²) < 4.78 is 13.0. The molecule has 2 aromatic carbocycles. The van der Waals surface area contributed by atoms with Crippen molar-refractivity contribution >= 4 is 35.3 Å². The molecule has 0 aliphatic carbocycles. The van der Waals surface area contributed by atoms with Crippen LogP contribution in [0.5, 0.6) is 0 Å². The molecule has 0 bridgehead atoms. The molecular weight excluding hydrogens is 355 g/mol. The SMILES string of the molecule is Nc1nc(N)nc(S[C@H](C(=O)Nc2ccc(F)cc2)c2ccccc2)n1. The third kappa shape index (κ3) is 4.45. The predicted octanol–water partition coefficient (Wildman–Crippen LogP) is 2.65. The summed E-state index contributed by atoms with van der Waals surface area (Å²) in [6, 6.07) is 14.6. The molecule has 7 nitrogen and oxygen atoms in total. The van der Waals surface area contributed by atoms with Gasteiger partial charge >= 0.3 is 0 Å². The number of carbonyl (C=O) groups excluding carboxylic acids is 1. The fraction of sp³-hybridized carbons (Fsp3) is 0.0588. The van der Waals surface area contributed by atoms with Crippen molar-refractivity contribution in [2.75, 3.05) is 16.8 Å². The maximum Gasteiger partial charge on any atom is 0.242 e. The number of nitrogen functional groups attached to an aromatic ring is 2. The molecule has 132 valence electrons. The molecule has 1 amide bonds. The Labute approximate surface area is 153 Å². The zero-order chi connectivity index (χ0) is 18.5. The number of hydrogen-bond donors (Lipinski definition) is 3. The first-order chi connectivity index (χ1) is 12.5. The largest absolute Gasteiger partial charge is 0.368 e. The molecule has 0 saturated carbocycles. The summed E-state index contributed by atoms with van der Waals surface area (Å²) in [4.78, 5) is 24.6. The van der Waals surface area contributed by atoms with E-state index in [9.17, 15) is 9.18 Å². The van der Waals surface area contributed by atoms with Gasteiger partial charge in [0.1, 0.15) is 11.1 Å². The molecule has 5 N–H and O–H groups in total. The van der Waals surface area contributed by atoms with E-state index in [-0.39, 0.29) is 28.8 Å². The average molecular weight is 370 g/mol. The van der Waals surface area contributed by atoms with Gasteiger partial charge in [-0.15, -0.1) is 0 Å². The highest BCUT2D eigenvalue weighted by molar-refractivity contribution is 8.00. The van der Waals surface area contributed by atoms with E-state index in [1.807, 2.05) is 30.3 Å². The van der Waals surface area contributed by atoms with Gasteiger partial charge in [-0.3, -0.25) is 4.79 Å². The van der Waals surface area contributed by atoms with E-state index >= 15 is 0 Å². The van der Waals surface area contributed by atoms with Crippen LogP contribution in [0.25, 0.3) is 0 Å². The van der Waals surface area contributed by atoms with Crippen molar-refractivity contribution in [2.45, 2.75) is 10.4 Å². The molecule has 0 aliphatic rings. The molecule has 1 heterocycles. The summed E-state index contributed by atoms with van der Waals surface area (Å²) in [6.07, 6.45) is 0. The summed E-state index contributed by atoms with van der Waals surface area (Å²) in [5.41, 5.74) is 12.4. The minimum absolute atomic E-state index is 0.0224. The molecule has 9 heteroatoms. The van der Waals surface area contributed by atoms with Crippen molar-refractivity contribution in [2.24, 2.45) is 0 Å². The van der Waals surface area contributed by atoms with Crippen LogP contribution in [0, 0.1) is 5.82 Å². The van der Waals surface area contributed by atoms with Crippen molar-refractivity contribution in [3.05, 3.63) is 66.0 Å². The van der Waals surface area contributed by atoms with Crippen molar-refractivity contribution < 1.29 is 9.18 Å². The first-order valence-corrected chi connectivity index (χ1v) is 8.44. The van der Waals surface area contributed by atoms with Gasteiger partial charge in [-0.1, -0.05) is 42.1 Å². The molecule has 1 atom stereocenters. The topological polar surface area (TPSA) is 120 Å². The van der Waals surface area contributed by atoms with Crippen LogP contribution in [0.3, 0.4) is 0 Å². The van der Waals surface area contributed by atoms with Crippen molar-refractivity contribution in [3.63, 3.8) is 0 Å². The average Bonchev–Trinajstić information content (AvgIpc) is 2.61. The molecule has 0 saturated heterocycles.